The van der Waals surface area contributed by atoms with E-state index >= 15 is 0 Å². The minimum atomic E-state index is -0.143. The number of rotatable bonds is 2. The third kappa shape index (κ3) is 2.14. The molecule has 1 amide bonds. The van der Waals surface area contributed by atoms with Crippen molar-refractivity contribution in [3.05, 3.63) is 58.1 Å². The second-order valence-electron chi connectivity index (χ2n) is 4.66. The summed E-state index contributed by atoms with van der Waals surface area (Å²) in [6.07, 6.45) is 0.305. The molecule has 20 heavy (non-hydrogen) atoms. The average Bonchev–Trinajstić information content (AvgIpc) is 2.80. The van der Waals surface area contributed by atoms with Gasteiger partial charge in [0.15, 0.2) is 5.78 Å². The highest BCUT2D eigenvalue weighted by atomic mass is 35.5. The van der Waals surface area contributed by atoms with Crippen molar-refractivity contribution in [3.8, 4) is 0 Å². The van der Waals surface area contributed by atoms with E-state index in [2.05, 4.69) is 5.32 Å². The zero-order chi connectivity index (χ0) is 14.3. The first-order chi connectivity index (χ1) is 9.54. The number of carbonyl (C=O) groups is 2. The highest BCUT2D eigenvalue weighted by Gasteiger charge is 2.19. The Bertz CT molecular complexity index is 741. The number of benzene rings is 2. The Morgan fingerprint density at radius 2 is 1.85 bits per heavy atom. The number of amides is 1. The summed E-state index contributed by atoms with van der Waals surface area (Å²) in [5.74, 6) is -0.198. The molecule has 1 aliphatic rings. The Morgan fingerprint density at radius 3 is 2.60 bits per heavy atom. The van der Waals surface area contributed by atoms with Crippen LogP contribution in [0.1, 0.15) is 21.5 Å². The number of carbonyl (C=O) groups excluding carboxylic acids is 2. The van der Waals surface area contributed by atoms with Gasteiger partial charge >= 0.3 is 0 Å². The van der Waals surface area contributed by atoms with Crippen LogP contribution in [0.15, 0.2) is 36.4 Å². The zero-order valence-corrected chi connectivity index (χ0v) is 11.2. The third-order valence-corrected chi connectivity index (χ3v) is 3.59. The maximum absolute atomic E-state index is 12.4. The fourth-order valence-corrected chi connectivity index (χ4v) is 2.34. The first-order valence-corrected chi connectivity index (χ1v) is 6.45. The number of hydrogen-bond donors (Lipinski definition) is 2. The Kier molecular flexibility index (Phi) is 2.95. The zero-order valence-electron chi connectivity index (χ0n) is 10.4. The van der Waals surface area contributed by atoms with Gasteiger partial charge in [-0.3, -0.25) is 9.59 Å². The summed E-state index contributed by atoms with van der Waals surface area (Å²) in [6, 6.07) is 9.96. The molecule has 0 unspecified atom stereocenters. The number of ketones is 1. The molecule has 5 heteroatoms. The quantitative estimate of drug-likeness (QED) is 0.658. The minimum absolute atomic E-state index is 0.0552. The maximum Gasteiger partial charge on any atom is 0.228 e. The van der Waals surface area contributed by atoms with Crippen LogP contribution in [-0.4, -0.2) is 11.7 Å². The second kappa shape index (κ2) is 4.65. The van der Waals surface area contributed by atoms with Gasteiger partial charge in [0.1, 0.15) is 0 Å². The number of hydrogen-bond acceptors (Lipinski definition) is 3. The van der Waals surface area contributed by atoms with Gasteiger partial charge in [0.2, 0.25) is 5.91 Å². The van der Waals surface area contributed by atoms with Gasteiger partial charge in [-0.2, -0.15) is 0 Å². The molecule has 2 aromatic rings. The molecular weight excluding hydrogens is 276 g/mol. The number of nitrogens with one attached hydrogen (secondary N) is 1. The van der Waals surface area contributed by atoms with Crippen LogP contribution in [-0.2, 0) is 11.2 Å². The molecule has 4 nitrogen and oxygen atoms in total. The highest BCUT2D eigenvalue weighted by molar-refractivity contribution is 6.33. The molecule has 0 saturated heterocycles. The standard InChI is InChI=1S/C15H11ClN2O2/c16-11-3-1-9(6-12(11)17)15(20)8-2-4-13-10(5-8)7-14(19)18-13/h1-6H,7,17H2,(H,18,19). The molecule has 0 spiro atoms. The topological polar surface area (TPSA) is 72.2 Å². The second-order valence-corrected chi connectivity index (χ2v) is 5.07. The van der Waals surface area contributed by atoms with Gasteiger partial charge in [-0.25, -0.2) is 0 Å². The van der Waals surface area contributed by atoms with Gasteiger partial charge in [0.05, 0.1) is 17.1 Å². The first kappa shape index (κ1) is 12.7. The molecule has 2 aromatic carbocycles. The highest BCUT2D eigenvalue weighted by Crippen LogP contribution is 2.26. The van der Waals surface area contributed by atoms with Gasteiger partial charge in [-0.05, 0) is 42.0 Å². The molecule has 100 valence electrons. The number of fused-ring (bicyclic) bond motifs is 1. The predicted octanol–water partition coefficient (Wildman–Crippen LogP) is 2.65. The van der Waals surface area contributed by atoms with Crippen LogP contribution in [0.5, 0.6) is 0 Å². The van der Waals surface area contributed by atoms with E-state index in [-0.39, 0.29) is 11.7 Å². The van der Waals surface area contributed by atoms with Crippen molar-refractivity contribution >= 4 is 34.7 Å². The van der Waals surface area contributed by atoms with Gasteiger partial charge in [-0.15, -0.1) is 0 Å². The normalized spacial score (nSPS) is 12.9. The Labute approximate surface area is 120 Å². The smallest absolute Gasteiger partial charge is 0.228 e. The predicted molar refractivity (Wildman–Crippen MR) is 78.1 cm³/mol. The molecule has 1 aliphatic heterocycles. The van der Waals surface area contributed by atoms with Crippen LogP contribution in [0.2, 0.25) is 5.02 Å². The lowest BCUT2D eigenvalue weighted by Gasteiger charge is -2.05. The van der Waals surface area contributed by atoms with Crippen LogP contribution in [0.25, 0.3) is 0 Å². The van der Waals surface area contributed by atoms with Crippen molar-refractivity contribution in [2.45, 2.75) is 6.42 Å². The lowest BCUT2D eigenvalue weighted by molar-refractivity contribution is -0.115. The number of anilines is 2. The SMILES string of the molecule is Nc1cc(C(=O)c2ccc3c(c2)CC(=O)N3)ccc1Cl. The summed E-state index contributed by atoms with van der Waals surface area (Å²) in [5.41, 5.74) is 8.68. The largest absolute Gasteiger partial charge is 0.398 e. The summed E-state index contributed by atoms with van der Waals surface area (Å²) >= 11 is 5.84. The number of halogens is 1. The molecule has 3 rings (SSSR count). The first-order valence-electron chi connectivity index (χ1n) is 6.07. The molecule has 3 N–H and O–H groups in total. The lowest BCUT2D eigenvalue weighted by Crippen LogP contribution is -2.03. The summed E-state index contributed by atoms with van der Waals surface area (Å²) in [6.45, 7) is 0. The van der Waals surface area contributed by atoms with E-state index in [0.717, 1.165) is 11.3 Å². The summed E-state index contributed by atoms with van der Waals surface area (Å²) in [4.78, 5) is 23.7. The van der Waals surface area contributed by atoms with E-state index in [1.54, 1.807) is 36.4 Å². The molecule has 0 fully saturated rings. The number of nitrogen functional groups attached to an aromatic ring is 1. The molecule has 0 saturated carbocycles. The molecule has 0 aliphatic carbocycles. The molecular formula is C15H11ClN2O2. The molecule has 0 aromatic heterocycles. The van der Waals surface area contributed by atoms with Gasteiger partial charge in [0.25, 0.3) is 0 Å². The van der Waals surface area contributed by atoms with E-state index in [1.165, 1.54) is 0 Å². The third-order valence-electron chi connectivity index (χ3n) is 3.25. The van der Waals surface area contributed by atoms with Crippen LogP contribution in [0.4, 0.5) is 11.4 Å². The van der Waals surface area contributed by atoms with Crippen molar-refractivity contribution < 1.29 is 9.59 Å². The van der Waals surface area contributed by atoms with Gasteiger partial charge < -0.3 is 11.1 Å². The lowest BCUT2D eigenvalue weighted by atomic mass is 10.00. The maximum atomic E-state index is 12.4. The van der Waals surface area contributed by atoms with Crippen LogP contribution >= 0.6 is 11.6 Å². The van der Waals surface area contributed by atoms with Crippen LogP contribution in [0, 0.1) is 0 Å². The number of nitrogens with two attached hydrogens (primary N) is 1. The minimum Gasteiger partial charge on any atom is -0.398 e. The molecule has 1 heterocycles. The van der Waals surface area contributed by atoms with Crippen LogP contribution in [0.3, 0.4) is 0 Å². The van der Waals surface area contributed by atoms with Gasteiger partial charge in [-0.1, -0.05) is 11.6 Å². The van der Waals surface area contributed by atoms with E-state index in [4.69, 9.17) is 17.3 Å². The summed E-state index contributed by atoms with van der Waals surface area (Å²) in [5, 5.41) is 3.15. The Morgan fingerprint density at radius 1 is 1.15 bits per heavy atom. The average molecular weight is 287 g/mol. The van der Waals surface area contributed by atoms with Crippen molar-refractivity contribution in [2.24, 2.45) is 0 Å². The van der Waals surface area contributed by atoms with Crippen molar-refractivity contribution in [1.29, 1.82) is 0 Å². The van der Waals surface area contributed by atoms with E-state index in [0.29, 0.717) is 28.3 Å². The van der Waals surface area contributed by atoms with E-state index < -0.39 is 0 Å². The van der Waals surface area contributed by atoms with Crippen molar-refractivity contribution in [2.75, 3.05) is 11.1 Å². The van der Waals surface area contributed by atoms with Crippen molar-refractivity contribution in [1.82, 2.24) is 0 Å². The fourth-order valence-electron chi connectivity index (χ4n) is 2.22. The van der Waals surface area contributed by atoms with Crippen molar-refractivity contribution in [3.63, 3.8) is 0 Å². The Hall–Kier alpha value is -2.33. The van der Waals surface area contributed by atoms with Crippen LogP contribution < -0.4 is 11.1 Å². The molecule has 0 bridgehead atoms. The Balaban J connectivity index is 1.97. The monoisotopic (exact) mass is 286 g/mol. The van der Waals surface area contributed by atoms with Gasteiger partial charge in [0, 0.05) is 16.8 Å². The summed E-state index contributed by atoms with van der Waals surface area (Å²) < 4.78 is 0. The fraction of sp³-hybridized carbons (Fsp3) is 0.0667. The molecule has 0 radical (unpaired) electrons. The van der Waals surface area contributed by atoms with E-state index in [1.807, 2.05) is 0 Å². The summed E-state index contributed by atoms with van der Waals surface area (Å²) in [7, 11) is 0. The van der Waals surface area contributed by atoms with E-state index in [9.17, 15) is 9.59 Å². The molecule has 0 atom stereocenters.